The largest absolute Gasteiger partial charge is 0.358 e. The molecule has 1 aromatic heterocycles. The van der Waals surface area contributed by atoms with E-state index < -0.39 is 12.2 Å². The number of benzene rings is 2. The van der Waals surface area contributed by atoms with Gasteiger partial charge in [-0.15, -0.1) is 0 Å². The van der Waals surface area contributed by atoms with Gasteiger partial charge in [0.15, 0.2) is 0 Å². The lowest BCUT2D eigenvalue weighted by Crippen LogP contribution is -2.56. The molecule has 37 heavy (non-hydrogen) atoms. The van der Waals surface area contributed by atoms with Gasteiger partial charge in [0.05, 0.1) is 17.9 Å². The van der Waals surface area contributed by atoms with Crippen molar-refractivity contribution in [3.8, 4) is 0 Å². The zero-order valence-corrected chi connectivity index (χ0v) is 23.6. The summed E-state index contributed by atoms with van der Waals surface area (Å²) in [5.41, 5.74) is 2.63. The highest BCUT2D eigenvalue weighted by Crippen LogP contribution is 2.49. The van der Waals surface area contributed by atoms with E-state index in [-0.39, 0.29) is 22.7 Å². The molecule has 4 unspecified atom stereocenters. The summed E-state index contributed by atoms with van der Waals surface area (Å²) in [6.07, 6.45) is 3.16. The van der Waals surface area contributed by atoms with Gasteiger partial charge in [0.2, 0.25) is 0 Å². The Morgan fingerprint density at radius 1 is 1.11 bits per heavy atom. The minimum Gasteiger partial charge on any atom is -0.358 e. The Labute approximate surface area is 232 Å². The van der Waals surface area contributed by atoms with Crippen molar-refractivity contribution >= 4 is 40.9 Å². The van der Waals surface area contributed by atoms with Gasteiger partial charge in [0, 0.05) is 33.0 Å². The number of aromatic nitrogens is 3. The first-order valence-electron chi connectivity index (χ1n) is 12.7. The highest BCUT2D eigenvalue weighted by molar-refractivity contribution is 8.00. The number of rotatable bonds is 8. The Kier molecular flexibility index (Phi) is 7.87. The SMILES string of the molecule is CC(C)(C)SCC(C1CC1)N1C(=O)C(Cc2cn[nH]n2)OC(c2cccc(Cl)c2)C1c1ccc(Cl)cc1. The molecular formula is C28H32Cl2N4O2S. The number of thioether (sulfide) groups is 1. The second kappa shape index (κ2) is 11.0. The van der Waals surface area contributed by atoms with Crippen LogP contribution in [0.4, 0.5) is 0 Å². The first-order chi connectivity index (χ1) is 17.7. The molecule has 1 aliphatic heterocycles. The fraction of sp³-hybridized carbons (Fsp3) is 0.464. The third-order valence-electron chi connectivity index (χ3n) is 6.89. The summed E-state index contributed by atoms with van der Waals surface area (Å²) in [5.74, 6) is 1.33. The van der Waals surface area contributed by atoms with E-state index in [4.69, 9.17) is 27.9 Å². The maximum atomic E-state index is 14.3. The van der Waals surface area contributed by atoms with Gasteiger partial charge in [-0.25, -0.2) is 0 Å². The number of H-pyrrole nitrogens is 1. The van der Waals surface area contributed by atoms with Crippen molar-refractivity contribution in [1.82, 2.24) is 20.3 Å². The summed E-state index contributed by atoms with van der Waals surface area (Å²) in [5, 5.41) is 12.1. The molecule has 1 saturated carbocycles. The Balaban J connectivity index is 1.61. The molecule has 1 saturated heterocycles. The van der Waals surface area contributed by atoms with E-state index in [0.29, 0.717) is 28.1 Å². The lowest BCUT2D eigenvalue weighted by atomic mass is 9.89. The molecule has 196 valence electrons. The van der Waals surface area contributed by atoms with Crippen LogP contribution < -0.4 is 0 Å². The molecule has 1 aliphatic carbocycles. The lowest BCUT2D eigenvalue weighted by molar-refractivity contribution is -0.179. The van der Waals surface area contributed by atoms with Gasteiger partial charge in [-0.3, -0.25) is 4.79 Å². The molecule has 2 aliphatic rings. The van der Waals surface area contributed by atoms with Crippen molar-refractivity contribution in [2.75, 3.05) is 5.75 Å². The van der Waals surface area contributed by atoms with Crippen LogP contribution >= 0.6 is 35.0 Å². The van der Waals surface area contributed by atoms with Crippen molar-refractivity contribution in [3.63, 3.8) is 0 Å². The lowest BCUT2D eigenvalue weighted by Gasteiger charge is -2.48. The molecule has 0 bridgehead atoms. The van der Waals surface area contributed by atoms with E-state index in [1.165, 1.54) is 0 Å². The fourth-order valence-electron chi connectivity index (χ4n) is 4.98. The summed E-state index contributed by atoms with van der Waals surface area (Å²) in [7, 11) is 0. The maximum Gasteiger partial charge on any atom is 0.253 e. The normalized spacial score (nSPS) is 23.3. The van der Waals surface area contributed by atoms with Gasteiger partial charge >= 0.3 is 0 Å². The molecular weight excluding hydrogens is 527 g/mol. The molecule has 1 amide bonds. The predicted molar refractivity (Wildman–Crippen MR) is 149 cm³/mol. The maximum absolute atomic E-state index is 14.3. The third kappa shape index (κ3) is 6.33. The molecule has 0 spiro atoms. The number of carbonyl (C=O) groups excluding carboxylic acids is 1. The molecule has 1 N–H and O–H groups in total. The standard InChI is InChI=1S/C28H32Cl2N4O2S/c1-28(2,3)37-16-23(17-7-8-17)34-25(18-9-11-20(29)12-10-18)26(19-5-4-6-21(30)13-19)36-24(27(34)35)14-22-15-31-33-32-22/h4-6,9-13,15,17,23-26H,7-8,14,16H2,1-3H3,(H,31,32,33). The summed E-state index contributed by atoms with van der Waals surface area (Å²) in [6, 6.07) is 15.3. The van der Waals surface area contributed by atoms with Crippen LogP contribution in [0.3, 0.4) is 0 Å². The Bertz CT molecular complexity index is 1210. The average Bonchev–Trinajstić information content (AvgIpc) is 3.56. The summed E-state index contributed by atoms with van der Waals surface area (Å²) in [4.78, 5) is 16.5. The van der Waals surface area contributed by atoms with Crippen LogP contribution in [0.25, 0.3) is 0 Å². The molecule has 9 heteroatoms. The average molecular weight is 560 g/mol. The number of amides is 1. The van der Waals surface area contributed by atoms with Crippen LogP contribution in [0.5, 0.6) is 0 Å². The molecule has 5 rings (SSSR count). The number of halogens is 2. The van der Waals surface area contributed by atoms with Crippen LogP contribution in [0, 0.1) is 5.92 Å². The van der Waals surface area contributed by atoms with Gasteiger partial charge in [-0.2, -0.15) is 27.2 Å². The number of aromatic amines is 1. The predicted octanol–water partition coefficient (Wildman–Crippen LogP) is 6.67. The number of carbonyl (C=O) groups is 1. The van der Waals surface area contributed by atoms with E-state index in [1.807, 2.05) is 60.3 Å². The Hall–Kier alpha value is -2.06. The van der Waals surface area contributed by atoms with Gasteiger partial charge in [-0.1, -0.05) is 68.2 Å². The number of hydrogen-bond acceptors (Lipinski definition) is 5. The summed E-state index contributed by atoms with van der Waals surface area (Å²) < 4.78 is 6.75. The van der Waals surface area contributed by atoms with E-state index >= 15 is 0 Å². The van der Waals surface area contributed by atoms with Crippen LogP contribution in [0.1, 0.15) is 62.6 Å². The van der Waals surface area contributed by atoms with E-state index in [1.54, 1.807) is 6.20 Å². The first-order valence-corrected chi connectivity index (χ1v) is 14.4. The Morgan fingerprint density at radius 2 is 1.86 bits per heavy atom. The van der Waals surface area contributed by atoms with Crippen molar-refractivity contribution in [2.24, 2.45) is 5.92 Å². The molecule has 2 heterocycles. The number of hydrogen-bond donors (Lipinski definition) is 1. The van der Waals surface area contributed by atoms with Gasteiger partial charge in [0.25, 0.3) is 5.91 Å². The highest BCUT2D eigenvalue weighted by atomic mass is 35.5. The quantitative estimate of drug-likeness (QED) is 0.334. The molecule has 2 fully saturated rings. The van der Waals surface area contributed by atoms with Crippen molar-refractivity contribution in [3.05, 3.63) is 81.6 Å². The molecule has 2 aromatic carbocycles. The number of ether oxygens (including phenoxy) is 1. The highest BCUT2D eigenvalue weighted by Gasteiger charge is 2.50. The van der Waals surface area contributed by atoms with Gasteiger partial charge < -0.3 is 9.64 Å². The number of morpholine rings is 1. The first kappa shape index (κ1) is 26.5. The third-order valence-corrected chi connectivity index (χ3v) is 8.75. The zero-order chi connectivity index (χ0) is 26.2. The smallest absolute Gasteiger partial charge is 0.253 e. The molecule has 4 atom stereocenters. The van der Waals surface area contributed by atoms with Gasteiger partial charge in [0.1, 0.15) is 12.2 Å². The van der Waals surface area contributed by atoms with Gasteiger partial charge in [-0.05, 0) is 54.2 Å². The van der Waals surface area contributed by atoms with Crippen LogP contribution in [-0.2, 0) is 16.0 Å². The molecule has 0 radical (unpaired) electrons. The summed E-state index contributed by atoms with van der Waals surface area (Å²) in [6.45, 7) is 6.67. The van der Waals surface area contributed by atoms with E-state index in [0.717, 1.165) is 29.7 Å². The fourth-order valence-corrected chi connectivity index (χ4v) is 6.41. The van der Waals surface area contributed by atoms with Crippen LogP contribution in [0.2, 0.25) is 10.0 Å². The molecule has 6 nitrogen and oxygen atoms in total. The van der Waals surface area contributed by atoms with Crippen LogP contribution in [0.15, 0.2) is 54.7 Å². The second-order valence-electron chi connectivity index (χ2n) is 10.8. The van der Waals surface area contributed by atoms with Crippen molar-refractivity contribution in [2.45, 2.75) is 69.1 Å². The minimum absolute atomic E-state index is 0.00682. The van der Waals surface area contributed by atoms with Crippen molar-refractivity contribution < 1.29 is 9.53 Å². The zero-order valence-electron chi connectivity index (χ0n) is 21.2. The second-order valence-corrected chi connectivity index (χ2v) is 13.6. The topological polar surface area (TPSA) is 71.1 Å². The van der Waals surface area contributed by atoms with Crippen LogP contribution in [-0.4, -0.2) is 48.9 Å². The number of nitrogens with one attached hydrogen (secondary N) is 1. The summed E-state index contributed by atoms with van der Waals surface area (Å²) >= 11 is 14.6. The Morgan fingerprint density at radius 3 is 2.49 bits per heavy atom. The van der Waals surface area contributed by atoms with Crippen molar-refractivity contribution in [1.29, 1.82) is 0 Å². The monoisotopic (exact) mass is 558 g/mol. The minimum atomic E-state index is -0.682. The number of nitrogens with zero attached hydrogens (tertiary/aromatic N) is 3. The molecule has 3 aromatic rings. The van der Waals surface area contributed by atoms with E-state index in [9.17, 15) is 4.79 Å². The van der Waals surface area contributed by atoms with E-state index in [2.05, 4.69) is 41.1 Å².